The maximum Gasteiger partial charge on any atom is 0.406 e. The second-order valence-electron chi connectivity index (χ2n) is 5.00. The topological polar surface area (TPSA) is 33.2 Å². The second-order valence-corrected chi connectivity index (χ2v) is 5.00. The fourth-order valence-electron chi connectivity index (χ4n) is 2.11. The molecule has 1 aromatic carbocycles. The van der Waals surface area contributed by atoms with Gasteiger partial charge < -0.3 is 0 Å². The number of aromatic nitrogens is 1. The van der Waals surface area contributed by atoms with Crippen LogP contribution in [0.1, 0.15) is 12.0 Å². The molecule has 2 rings (SSSR count). The molecule has 0 saturated heterocycles. The van der Waals surface area contributed by atoms with Gasteiger partial charge in [-0.3, -0.25) is 9.69 Å². The SMILES string of the molecule is O=C(CCc1cccc(F)c1F)N(CC(F)(F)F)c1ccccn1. The van der Waals surface area contributed by atoms with E-state index < -0.39 is 36.7 Å². The fraction of sp³-hybridized carbons (Fsp3) is 0.250. The Hall–Kier alpha value is -2.51. The molecule has 0 aliphatic rings. The molecular weight excluding hydrogens is 331 g/mol. The Bertz CT molecular complexity index is 703. The number of hydrogen-bond acceptors (Lipinski definition) is 2. The standard InChI is InChI=1S/C16H13F5N2O/c17-12-5-3-4-11(15(12)18)7-8-14(24)23(10-16(19,20)21)13-6-1-2-9-22-13/h1-6,9H,7-8,10H2. The van der Waals surface area contributed by atoms with Gasteiger partial charge in [-0.25, -0.2) is 13.8 Å². The lowest BCUT2D eigenvalue weighted by Gasteiger charge is -2.23. The van der Waals surface area contributed by atoms with Crippen LogP contribution in [-0.2, 0) is 11.2 Å². The van der Waals surface area contributed by atoms with E-state index in [9.17, 15) is 26.7 Å². The first-order valence-corrected chi connectivity index (χ1v) is 6.99. The van der Waals surface area contributed by atoms with E-state index >= 15 is 0 Å². The van der Waals surface area contributed by atoms with Crippen LogP contribution in [0.25, 0.3) is 0 Å². The molecule has 0 radical (unpaired) electrons. The van der Waals surface area contributed by atoms with Gasteiger partial charge in [0.15, 0.2) is 11.6 Å². The highest BCUT2D eigenvalue weighted by atomic mass is 19.4. The summed E-state index contributed by atoms with van der Waals surface area (Å²) in [7, 11) is 0. The Morgan fingerprint density at radius 3 is 2.46 bits per heavy atom. The van der Waals surface area contributed by atoms with Crippen molar-refractivity contribution in [2.45, 2.75) is 19.0 Å². The summed E-state index contributed by atoms with van der Waals surface area (Å²) >= 11 is 0. The van der Waals surface area contributed by atoms with Gasteiger partial charge in [-0.1, -0.05) is 18.2 Å². The van der Waals surface area contributed by atoms with Gasteiger partial charge >= 0.3 is 6.18 Å². The molecule has 0 atom stereocenters. The molecule has 0 aliphatic carbocycles. The third kappa shape index (κ3) is 4.74. The van der Waals surface area contributed by atoms with E-state index in [1.54, 1.807) is 0 Å². The molecule has 8 heteroatoms. The van der Waals surface area contributed by atoms with Crippen LogP contribution in [0.5, 0.6) is 0 Å². The summed E-state index contributed by atoms with van der Waals surface area (Å²) in [5, 5.41) is 0. The lowest BCUT2D eigenvalue weighted by atomic mass is 10.1. The highest BCUT2D eigenvalue weighted by molar-refractivity contribution is 5.92. The van der Waals surface area contributed by atoms with Crippen molar-refractivity contribution in [3.8, 4) is 0 Å². The number of hydrogen-bond donors (Lipinski definition) is 0. The van der Waals surface area contributed by atoms with E-state index in [4.69, 9.17) is 0 Å². The summed E-state index contributed by atoms with van der Waals surface area (Å²) in [5.74, 6) is -3.21. The number of anilines is 1. The molecule has 3 nitrogen and oxygen atoms in total. The van der Waals surface area contributed by atoms with Crippen molar-refractivity contribution in [2.75, 3.05) is 11.4 Å². The Labute approximate surface area is 134 Å². The molecule has 0 bridgehead atoms. The normalized spacial score (nSPS) is 11.4. The van der Waals surface area contributed by atoms with Crippen LogP contribution in [0.2, 0.25) is 0 Å². The lowest BCUT2D eigenvalue weighted by Crippen LogP contribution is -2.39. The molecule has 0 fully saturated rings. The molecule has 128 valence electrons. The van der Waals surface area contributed by atoms with Gasteiger partial charge in [0.2, 0.25) is 5.91 Å². The van der Waals surface area contributed by atoms with Crippen molar-refractivity contribution in [3.63, 3.8) is 0 Å². The molecule has 2 aromatic rings. The molecule has 0 aliphatic heterocycles. The molecular formula is C16H13F5N2O. The van der Waals surface area contributed by atoms with Crippen LogP contribution in [0.4, 0.5) is 27.8 Å². The zero-order chi connectivity index (χ0) is 17.7. The summed E-state index contributed by atoms with van der Waals surface area (Å²) in [5.41, 5.74) is -0.0728. The van der Waals surface area contributed by atoms with Crippen molar-refractivity contribution in [2.24, 2.45) is 0 Å². The van der Waals surface area contributed by atoms with Gasteiger partial charge in [0.1, 0.15) is 12.4 Å². The van der Waals surface area contributed by atoms with Gasteiger partial charge in [-0.2, -0.15) is 13.2 Å². The van der Waals surface area contributed by atoms with E-state index in [0.717, 1.165) is 6.07 Å². The highest BCUT2D eigenvalue weighted by Crippen LogP contribution is 2.22. The summed E-state index contributed by atoms with van der Waals surface area (Å²) in [6.07, 6.45) is -3.98. The molecule has 1 heterocycles. The number of carbonyl (C=O) groups is 1. The van der Waals surface area contributed by atoms with Crippen molar-refractivity contribution in [1.82, 2.24) is 4.98 Å². The molecule has 0 N–H and O–H groups in total. The maximum atomic E-state index is 13.6. The number of alkyl halides is 3. The lowest BCUT2D eigenvalue weighted by molar-refractivity contribution is -0.132. The van der Waals surface area contributed by atoms with Crippen LogP contribution < -0.4 is 4.90 Å². The molecule has 1 amide bonds. The van der Waals surface area contributed by atoms with E-state index in [0.29, 0.717) is 4.90 Å². The van der Waals surface area contributed by atoms with Gasteiger partial charge in [0.05, 0.1) is 0 Å². The quantitative estimate of drug-likeness (QED) is 0.771. The predicted octanol–water partition coefficient (Wildman–Crippen LogP) is 3.89. The number of amides is 1. The number of halogens is 5. The summed E-state index contributed by atoms with van der Waals surface area (Å²) in [6.45, 7) is -1.51. The minimum absolute atomic E-state index is 0.0728. The van der Waals surface area contributed by atoms with Crippen molar-refractivity contribution >= 4 is 11.7 Å². The Balaban J connectivity index is 2.14. The molecule has 1 aromatic heterocycles. The molecule has 0 unspecified atom stereocenters. The number of rotatable bonds is 5. The average Bonchev–Trinajstić information content (AvgIpc) is 2.54. The van der Waals surface area contributed by atoms with Crippen LogP contribution in [0.3, 0.4) is 0 Å². The fourth-order valence-corrected chi connectivity index (χ4v) is 2.11. The summed E-state index contributed by atoms with van der Waals surface area (Å²) in [6, 6.07) is 7.69. The maximum absolute atomic E-state index is 13.6. The third-order valence-corrected chi connectivity index (χ3v) is 3.20. The zero-order valence-electron chi connectivity index (χ0n) is 12.4. The first-order chi connectivity index (χ1) is 11.3. The van der Waals surface area contributed by atoms with Crippen molar-refractivity contribution in [1.29, 1.82) is 0 Å². The monoisotopic (exact) mass is 344 g/mol. The first-order valence-electron chi connectivity index (χ1n) is 6.99. The summed E-state index contributed by atoms with van der Waals surface area (Å²) < 4.78 is 64.8. The smallest absolute Gasteiger partial charge is 0.288 e. The number of pyridine rings is 1. The van der Waals surface area contributed by atoms with Crippen LogP contribution in [0, 0.1) is 11.6 Å². The predicted molar refractivity (Wildman–Crippen MR) is 77.3 cm³/mol. The van der Waals surface area contributed by atoms with Gasteiger partial charge in [-0.15, -0.1) is 0 Å². The third-order valence-electron chi connectivity index (χ3n) is 3.20. The Kier molecular flexibility index (Phi) is 5.48. The van der Waals surface area contributed by atoms with E-state index in [1.165, 1.54) is 36.5 Å². The molecule has 0 spiro atoms. The van der Waals surface area contributed by atoms with E-state index in [1.807, 2.05) is 0 Å². The van der Waals surface area contributed by atoms with E-state index in [2.05, 4.69) is 4.98 Å². The first kappa shape index (κ1) is 17.8. The van der Waals surface area contributed by atoms with Crippen LogP contribution in [-0.4, -0.2) is 23.6 Å². The number of aryl methyl sites for hydroxylation is 1. The second kappa shape index (κ2) is 7.37. The largest absolute Gasteiger partial charge is 0.406 e. The van der Waals surface area contributed by atoms with Gasteiger partial charge in [-0.05, 0) is 30.2 Å². The zero-order valence-corrected chi connectivity index (χ0v) is 12.4. The minimum Gasteiger partial charge on any atom is -0.288 e. The Morgan fingerprint density at radius 1 is 1.08 bits per heavy atom. The minimum atomic E-state index is -4.61. The van der Waals surface area contributed by atoms with Crippen LogP contribution in [0.15, 0.2) is 42.6 Å². The number of benzene rings is 1. The average molecular weight is 344 g/mol. The van der Waals surface area contributed by atoms with Crippen LogP contribution >= 0.6 is 0 Å². The van der Waals surface area contributed by atoms with Crippen molar-refractivity contribution in [3.05, 3.63) is 59.8 Å². The van der Waals surface area contributed by atoms with Gasteiger partial charge in [0, 0.05) is 12.6 Å². The van der Waals surface area contributed by atoms with E-state index in [-0.39, 0.29) is 17.8 Å². The van der Waals surface area contributed by atoms with Crippen molar-refractivity contribution < 1.29 is 26.7 Å². The number of nitrogens with zero attached hydrogens (tertiary/aromatic N) is 2. The molecule has 24 heavy (non-hydrogen) atoms. The highest BCUT2D eigenvalue weighted by Gasteiger charge is 2.34. The number of carbonyl (C=O) groups excluding carboxylic acids is 1. The van der Waals surface area contributed by atoms with Gasteiger partial charge in [0.25, 0.3) is 0 Å². The molecule has 0 saturated carbocycles. The summed E-state index contributed by atoms with van der Waals surface area (Å²) in [4.78, 5) is 16.4. The Morgan fingerprint density at radius 2 is 1.83 bits per heavy atom.